The van der Waals surface area contributed by atoms with Crippen molar-refractivity contribution in [3.8, 4) is 0 Å². The van der Waals surface area contributed by atoms with E-state index in [1.807, 2.05) is 52.0 Å². The smallest absolute Gasteiger partial charge is 0.0701 e. The Bertz CT molecular complexity index is 519. The van der Waals surface area contributed by atoms with Gasteiger partial charge in [-0.3, -0.25) is 0 Å². The van der Waals surface area contributed by atoms with Crippen LogP contribution in [0.3, 0.4) is 0 Å². The zero-order chi connectivity index (χ0) is 14.4. The Labute approximate surface area is 133 Å². The minimum Gasteiger partial charge on any atom is -0.135 e. The van der Waals surface area contributed by atoms with Crippen LogP contribution in [0.4, 0.5) is 0 Å². The fraction of sp³-hybridized carbons (Fsp3) is 0.467. The number of rotatable bonds is 2. The molecule has 19 heavy (non-hydrogen) atoms. The van der Waals surface area contributed by atoms with E-state index in [1.165, 1.54) is 10.6 Å². The Morgan fingerprint density at radius 1 is 1.11 bits per heavy atom. The summed E-state index contributed by atoms with van der Waals surface area (Å²) in [5.74, 6) is 0. The molecule has 2 nitrogen and oxygen atoms in total. The predicted molar refractivity (Wildman–Crippen MR) is 87.9 cm³/mol. The lowest BCUT2D eigenvalue weighted by Crippen LogP contribution is -2.47. The van der Waals surface area contributed by atoms with Gasteiger partial charge in [0.05, 0.1) is 11.1 Å². The van der Waals surface area contributed by atoms with Crippen molar-refractivity contribution in [3.63, 3.8) is 0 Å². The first-order chi connectivity index (χ1) is 8.72. The highest BCUT2D eigenvalue weighted by Gasteiger charge is 2.51. The molecular weight excluding hydrogens is 373 g/mol. The van der Waals surface area contributed by atoms with Crippen LogP contribution < -0.4 is 0 Å². The summed E-state index contributed by atoms with van der Waals surface area (Å²) in [5.41, 5.74) is 2.46. The van der Waals surface area contributed by atoms with Crippen LogP contribution >= 0.6 is 34.2 Å². The molecule has 1 aromatic rings. The lowest BCUT2D eigenvalue weighted by Gasteiger charge is -2.34. The average Bonchev–Trinajstić information content (AvgIpc) is 2.48. The van der Waals surface area contributed by atoms with E-state index in [4.69, 9.17) is 11.6 Å². The first-order valence-electron chi connectivity index (χ1n) is 6.26. The fourth-order valence-corrected chi connectivity index (χ4v) is 4.41. The number of benzene rings is 1. The molecule has 0 bridgehead atoms. The number of hydrogen-bond donors (Lipinski definition) is 0. The van der Waals surface area contributed by atoms with Crippen LogP contribution in [0, 0.1) is 0 Å². The van der Waals surface area contributed by atoms with Gasteiger partial charge in [-0.25, -0.2) is 0 Å². The summed E-state index contributed by atoms with van der Waals surface area (Å²) < 4.78 is 0.852. The molecule has 4 heteroatoms. The van der Waals surface area contributed by atoms with Crippen LogP contribution in [0.5, 0.6) is 0 Å². The standard InChI is InChI=1S/C15H18ClINO/c1-14(2)12(9-17)13(15(3,4)18(14)19)10-5-7-11(16)8-6-10/h5-8H,9H2,1-4H3. The van der Waals surface area contributed by atoms with Crippen molar-refractivity contribution < 1.29 is 5.21 Å². The van der Waals surface area contributed by atoms with Crippen LogP contribution in [0.1, 0.15) is 33.3 Å². The lowest BCUT2D eigenvalue weighted by atomic mass is 9.86. The molecule has 0 saturated heterocycles. The third kappa shape index (κ3) is 2.35. The SMILES string of the molecule is CC1(C)C(CI)=C(c2ccc(Cl)cc2)C(C)(C)N1[O]. The molecule has 0 atom stereocenters. The second-order valence-electron chi connectivity index (χ2n) is 5.91. The largest absolute Gasteiger partial charge is 0.135 e. The predicted octanol–water partition coefficient (Wildman–Crippen LogP) is 4.75. The molecule has 1 aromatic carbocycles. The van der Waals surface area contributed by atoms with Gasteiger partial charge in [0.1, 0.15) is 0 Å². The van der Waals surface area contributed by atoms with Gasteiger partial charge in [-0.15, -0.1) is 10.3 Å². The Morgan fingerprint density at radius 2 is 1.63 bits per heavy atom. The molecule has 0 saturated carbocycles. The van der Waals surface area contributed by atoms with Crippen LogP contribution in [0.2, 0.25) is 5.02 Å². The zero-order valence-corrected chi connectivity index (χ0v) is 14.5. The van der Waals surface area contributed by atoms with Gasteiger partial charge in [0.15, 0.2) is 0 Å². The van der Waals surface area contributed by atoms with E-state index in [2.05, 4.69) is 22.6 Å². The van der Waals surface area contributed by atoms with Crippen LogP contribution in [0.25, 0.3) is 5.57 Å². The second kappa shape index (κ2) is 5.02. The summed E-state index contributed by atoms with van der Waals surface area (Å²) in [4.78, 5) is 0. The van der Waals surface area contributed by atoms with Crippen molar-refractivity contribution in [1.82, 2.24) is 5.06 Å². The van der Waals surface area contributed by atoms with Gasteiger partial charge in [-0.1, -0.05) is 46.3 Å². The molecule has 1 heterocycles. The van der Waals surface area contributed by atoms with Crippen LogP contribution in [-0.4, -0.2) is 20.6 Å². The third-order valence-electron chi connectivity index (χ3n) is 3.93. The van der Waals surface area contributed by atoms with E-state index in [-0.39, 0.29) is 0 Å². The number of hydrogen-bond acceptors (Lipinski definition) is 1. The first-order valence-corrected chi connectivity index (χ1v) is 8.16. The van der Waals surface area contributed by atoms with E-state index in [0.29, 0.717) is 0 Å². The summed E-state index contributed by atoms with van der Waals surface area (Å²) in [6.07, 6.45) is 0. The van der Waals surface area contributed by atoms with Crippen molar-refractivity contribution >= 4 is 39.8 Å². The normalized spacial score (nSPS) is 22.1. The van der Waals surface area contributed by atoms with Crippen molar-refractivity contribution in [1.29, 1.82) is 0 Å². The Balaban J connectivity index is 2.65. The maximum absolute atomic E-state index is 12.6. The van der Waals surface area contributed by atoms with Crippen molar-refractivity contribution in [2.24, 2.45) is 0 Å². The molecule has 0 N–H and O–H groups in total. The lowest BCUT2D eigenvalue weighted by molar-refractivity contribution is -0.236. The zero-order valence-electron chi connectivity index (χ0n) is 11.6. The van der Waals surface area contributed by atoms with Crippen molar-refractivity contribution in [2.75, 3.05) is 4.43 Å². The van der Waals surface area contributed by atoms with Gasteiger partial charge >= 0.3 is 0 Å². The maximum atomic E-state index is 12.6. The van der Waals surface area contributed by atoms with E-state index in [1.54, 1.807) is 0 Å². The minimum atomic E-state index is -0.516. The summed E-state index contributed by atoms with van der Waals surface area (Å²) in [5, 5.41) is 14.6. The number of nitrogens with zero attached hydrogens (tertiary/aromatic N) is 1. The summed E-state index contributed by atoms with van der Waals surface area (Å²) in [6.45, 7) is 7.98. The summed E-state index contributed by atoms with van der Waals surface area (Å²) in [6, 6.07) is 7.76. The quantitative estimate of drug-likeness (QED) is 0.528. The third-order valence-corrected chi connectivity index (χ3v) is 4.95. The molecule has 0 aliphatic carbocycles. The van der Waals surface area contributed by atoms with Gasteiger partial charge in [0.2, 0.25) is 0 Å². The van der Waals surface area contributed by atoms with Gasteiger partial charge in [0.25, 0.3) is 0 Å². The monoisotopic (exact) mass is 390 g/mol. The first kappa shape index (κ1) is 15.3. The summed E-state index contributed by atoms with van der Waals surface area (Å²) >= 11 is 8.30. The van der Waals surface area contributed by atoms with Crippen molar-refractivity contribution in [3.05, 3.63) is 40.4 Å². The van der Waals surface area contributed by atoms with Gasteiger partial charge < -0.3 is 0 Å². The van der Waals surface area contributed by atoms with Gasteiger partial charge in [0, 0.05) is 9.45 Å². The average molecular weight is 391 g/mol. The highest BCUT2D eigenvalue weighted by molar-refractivity contribution is 14.1. The molecule has 0 fully saturated rings. The van der Waals surface area contributed by atoms with Crippen LogP contribution in [-0.2, 0) is 5.21 Å². The molecule has 1 aliphatic heterocycles. The molecule has 2 rings (SSSR count). The van der Waals surface area contributed by atoms with E-state index < -0.39 is 11.1 Å². The molecule has 0 aromatic heterocycles. The topological polar surface area (TPSA) is 23.1 Å². The van der Waals surface area contributed by atoms with E-state index in [0.717, 1.165) is 20.6 Å². The van der Waals surface area contributed by atoms with E-state index in [9.17, 15) is 5.21 Å². The highest BCUT2D eigenvalue weighted by Crippen LogP contribution is 2.49. The van der Waals surface area contributed by atoms with Crippen LogP contribution in [0.15, 0.2) is 29.8 Å². The molecular formula is C15H18ClINO. The van der Waals surface area contributed by atoms with E-state index >= 15 is 0 Å². The second-order valence-corrected chi connectivity index (χ2v) is 7.11. The van der Waals surface area contributed by atoms with Gasteiger partial charge in [-0.05, 0) is 56.5 Å². The van der Waals surface area contributed by atoms with Crippen molar-refractivity contribution in [2.45, 2.75) is 38.8 Å². The maximum Gasteiger partial charge on any atom is 0.0701 e. The summed E-state index contributed by atoms with van der Waals surface area (Å²) in [7, 11) is 0. The molecule has 0 amide bonds. The highest BCUT2D eigenvalue weighted by atomic mass is 127. The number of halogens is 2. The number of alkyl halides is 1. The Hall–Kier alpha value is -0.100. The molecule has 0 spiro atoms. The molecule has 1 aliphatic rings. The number of hydroxylamine groups is 2. The Kier molecular flexibility index (Phi) is 4.04. The van der Waals surface area contributed by atoms with Gasteiger partial charge in [-0.2, -0.15) is 0 Å². The molecule has 1 radical (unpaired) electrons. The molecule has 103 valence electrons. The molecule has 0 unspecified atom stereocenters. The Morgan fingerprint density at radius 3 is 2.11 bits per heavy atom. The minimum absolute atomic E-state index is 0.459. The fourth-order valence-electron chi connectivity index (χ4n) is 2.97.